The molecule has 19 heavy (non-hydrogen) atoms. The van der Waals surface area contributed by atoms with Crippen molar-refractivity contribution in [2.45, 2.75) is 0 Å². The fourth-order valence-electron chi connectivity index (χ4n) is 1.33. The van der Waals surface area contributed by atoms with Crippen molar-refractivity contribution < 1.29 is 9.47 Å². The van der Waals surface area contributed by atoms with Gasteiger partial charge in [0.2, 0.25) is 5.88 Å². The average Bonchev–Trinajstić information content (AvgIpc) is 2.36. The van der Waals surface area contributed by atoms with Crippen LogP contribution in [-0.4, -0.2) is 12.1 Å². The molecule has 2 aromatic rings. The summed E-state index contributed by atoms with van der Waals surface area (Å²) < 4.78 is 13.2. The maximum atomic E-state index is 5.83. The number of hydrogen-bond acceptors (Lipinski definition) is 3. The lowest BCUT2D eigenvalue weighted by atomic mass is 10.3. The van der Waals surface area contributed by atoms with E-state index >= 15 is 0 Å². The van der Waals surface area contributed by atoms with E-state index in [-0.39, 0.29) is 0 Å². The van der Waals surface area contributed by atoms with Crippen LogP contribution in [0.2, 0.25) is 5.02 Å². The van der Waals surface area contributed by atoms with Gasteiger partial charge < -0.3 is 9.47 Å². The Hall–Kier alpha value is -0.300. The predicted octanol–water partition coefficient (Wildman–Crippen LogP) is 5.82. The van der Waals surface area contributed by atoms with Crippen LogP contribution in [0.15, 0.2) is 37.8 Å². The van der Waals surface area contributed by atoms with E-state index < -0.39 is 0 Å². The maximum Gasteiger partial charge on any atom is 0.233 e. The van der Waals surface area contributed by atoms with Gasteiger partial charge >= 0.3 is 0 Å². The molecule has 0 unspecified atom stereocenters. The van der Waals surface area contributed by atoms with E-state index in [0.717, 1.165) is 8.95 Å². The van der Waals surface area contributed by atoms with E-state index in [1.165, 1.54) is 6.20 Å². The molecule has 0 amide bonds. The number of pyridine rings is 1. The second-order valence-corrected chi connectivity index (χ2v) is 6.46. The average molecular weight is 472 g/mol. The van der Waals surface area contributed by atoms with Gasteiger partial charge in [-0.25, -0.2) is 4.98 Å². The van der Waals surface area contributed by atoms with Crippen molar-refractivity contribution in [3.05, 3.63) is 42.8 Å². The number of aromatic nitrogens is 1. The third-order valence-electron chi connectivity index (χ3n) is 2.19. The van der Waals surface area contributed by atoms with Crippen molar-refractivity contribution in [2.24, 2.45) is 0 Å². The zero-order valence-electron chi connectivity index (χ0n) is 9.58. The van der Waals surface area contributed by atoms with Crippen molar-refractivity contribution in [3.8, 4) is 17.4 Å². The molecule has 1 aromatic heterocycles. The summed E-state index contributed by atoms with van der Waals surface area (Å²) in [6.45, 7) is 0. The SMILES string of the molecule is COc1cc(Br)c(Oc2ncc(Cl)cc2Br)cc1Br. The summed E-state index contributed by atoms with van der Waals surface area (Å²) >= 11 is 16.0. The highest BCUT2D eigenvalue weighted by molar-refractivity contribution is 9.11. The van der Waals surface area contributed by atoms with Crippen molar-refractivity contribution in [3.63, 3.8) is 0 Å². The third kappa shape index (κ3) is 3.62. The van der Waals surface area contributed by atoms with Crippen molar-refractivity contribution >= 4 is 59.4 Å². The number of hydrogen-bond donors (Lipinski definition) is 0. The molecule has 7 heteroatoms. The van der Waals surface area contributed by atoms with Crippen LogP contribution in [0.25, 0.3) is 0 Å². The van der Waals surface area contributed by atoms with E-state index in [9.17, 15) is 0 Å². The van der Waals surface area contributed by atoms with Crippen LogP contribution in [-0.2, 0) is 0 Å². The van der Waals surface area contributed by atoms with Gasteiger partial charge in [-0.05, 0) is 66.0 Å². The van der Waals surface area contributed by atoms with Crippen LogP contribution in [0, 0.1) is 0 Å². The van der Waals surface area contributed by atoms with Crippen LogP contribution in [0.1, 0.15) is 0 Å². The Morgan fingerprint density at radius 2 is 1.63 bits per heavy atom. The normalized spacial score (nSPS) is 10.4. The molecule has 0 spiro atoms. The van der Waals surface area contributed by atoms with Crippen molar-refractivity contribution in [1.82, 2.24) is 4.98 Å². The minimum Gasteiger partial charge on any atom is -0.496 e. The fourth-order valence-corrected chi connectivity index (χ4v) is 2.93. The van der Waals surface area contributed by atoms with Crippen molar-refractivity contribution in [1.29, 1.82) is 0 Å². The first-order valence-corrected chi connectivity index (χ1v) is 7.79. The Balaban J connectivity index is 2.35. The summed E-state index contributed by atoms with van der Waals surface area (Å²) in [5.74, 6) is 1.76. The van der Waals surface area contributed by atoms with E-state index in [1.807, 2.05) is 6.07 Å². The largest absolute Gasteiger partial charge is 0.496 e. The molecule has 3 nitrogen and oxygen atoms in total. The quantitative estimate of drug-likeness (QED) is 0.564. The molecule has 100 valence electrons. The van der Waals surface area contributed by atoms with Gasteiger partial charge in [-0.15, -0.1) is 0 Å². The van der Waals surface area contributed by atoms with Crippen LogP contribution in [0.3, 0.4) is 0 Å². The molecular weight excluding hydrogens is 465 g/mol. The first-order valence-electron chi connectivity index (χ1n) is 5.03. The number of halogens is 4. The first-order chi connectivity index (χ1) is 9.01. The van der Waals surface area contributed by atoms with Gasteiger partial charge in [-0.1, -0.05) is 11.6 Å². The van der Waals surface area contributed by atoms with Crippen molar-refractivity contribution in [2.75, 3.05) is 7.11 Å². The van der Waals surface area contributed by atoms with Gasteiger partial charge in [0.05, 0.1) is 25.6 Å². The number of ether oxygens (including phenoxy) is 2. The van der Waals surface area contributed by atoms with E-state index in [2.05, 4.69) is 52.8 Å². The van der Waals surface area contributed by atoms with Gasteiger partial charge in [-0.2, -0.15) is 0 Å². The van der Waals surface area contributed by atoms with Gasteiger partial charge in [0.1, 0.15) is 11.5 Å². The monoisotopic (exact) mass is 469 g/mol. The summed E-state index contributed by atoms with van der Waals surface area (Å²) in [6, 6.07) is 5.32. The molecule has 0 saturated carbocycles. The summed E-state index contributed by atoms with van der Waals surface area (Å²) in [6.07, 6.45) is 1.52. The highest BCUT2D eigenvalue weighted by atomic mass is 79.9. The number of methoxy groups -OCH3 is 1. The molecule has 0 aliphatic heterocycles. The highest BCUT2D eigenvalue weighted by Gasteiger charge is 2.11. The van der Waals surface area contributed by atoms with Crippen LogP contribution in [0.4, 0.5) is 0 Å². The zero-order valence-corrected chi connectivity index (χ0v) is 15.1. The summed E-state index contributed by atoms with van der Waals surface area (Å²) in [4.78, 5) is 4.12. The molecular formula is C12H7Br3ClNO2. The number of benzene rings is 1. The molecule has 1 aromatic carbocycles. The lowest BCUT2D eigenvalue weighted by Gasteiger charge is -2.11. The smallest absolute Gasteiger partial charge is 0.233 e. The summed E-state index contributed by atoms with van der Waals surface area (Å²) in [5, 5.41) is 0.536. The second-order valence-electron chi connectivity index (χ2n) is 3.46. The lowest BCUT2D eigenvalue weighted by Crippen LogP contribution is -1.92. The molecule has 2 rings (SSSR count). The minimum atomic E-state index is 0.433. The van der Waals surface area contributed by atoms with Gasteiger partial charge in [0.15, 0.2) is 0 Å². The Labute approximate surface area is 140 Å². The molecule has 0 atom stereocenters. The fraction of sp³-hybridized carbons (Fsp3) is 0.0833. The lowest BCUT2D eigenvalue weighted by molar-refractivity contribution is 0.408. The van der Waals surface area contributed by atoms with Gasteiger partial charge in [-0.3, -0.25) is 0 Å². The van der Waals surface area contributed by atoms with Crippen LogP contribution in [0.5, 0.6) is 17.4 Å². The first kappa shape index (κ1) is 15.1. The molecule has 0 saturated heterocycles. The Kier molecular flexibility index (Phi) is 5.11. The third-order valence-corrected chi connectivity index (χ3v) is 4.20. The second kappa shape index (κ2) is 6.43. The van der Waals surface area contributed by atoms with E-state index in [4.69, 9.17) is 21.1 Å². The minimum absolute atomic E-state index is 0.433. The Morgan fingerprint density at radius 1 is 1.00 bits per heavy atom. The highest BCUT2D eigenvalue weighted by Crippen LogP contribution is 2.39. The standard InChI is InChI=1S/C12H7Br3ClNO2/c1-18-10-3-8(14)11(4-7(10)13)19-12-9(15)2-6(16)5-17-12/h2-5H,1H3. The zero-order chi connectivity index (χ0) is 14.0. The van der Waals surface area contributed by atoms with Gasteiger partial charge in [0, 0.05) is 6.20 Å². The van der Waals surface area contributed by atoms with Crippen LogP contribution < -0.4 is 9.47 Å². The van der Waals surface area contributed by atoms with E-state index in [0.29, 0.717) is 26.9 Å². The van der Waals surface area contributed by atoms with Gasteiger partial charge in [0.25, 0.3) is 0 Å². The molecule has 0 fully saturated rings. The van der Waals surface area contributed by atoms with Crippen LogP contribution >= 0.6 is 59.4 Å². The molecule has 0 aliphatic carbocycles. The van der Waals surface area contributed by atoms with E-state index in [1.54, 1.807) is 19.2 Å². The molecule has 0 bridgehead atoms. The summed E-state index contributed by atoms with van der Waals surface area (Å²) in [7, 11) is 1.60. The predicted molar refractivity (Wildman–Crippen MR) is 85.4 cm³/mol. The maximum absolute atomic E-state index is 5.83. The Morgan fingerprint density at radius 3 is 2.26 bits per heavy atom. The molecule has 0 N–H and O–H groups in total. The summed E-state index contributed by atoms with van der Waals surface area (Å²) in [5.41, 5.74) is 0. The Bertz CT molecular complexity index is 622. The number of nitrogens with zero attached hydrogens (tertiary/aromatic N) is 1. The molecule has 0 radical (unpaired) electrons. The molecule has 1 heterocycles. The number of rotatable bonds is 3. The molecule has 0 aliphatic rings. The topological polar surface area (TPSA) is 31.4 Å².